The largest absolute Gasteiger partial charge is 0.417 e. The van der Waals surface area contributed by atoms with Crippen LogP contribution in [0, 0.1) is 17.1 Å². The van der Waals surface area contributed by atoms with E-state index in [1.165, 1.54) is 49.4 Å². The van der Waals surface area contributed by atoms with Gasteiger partial charge in [0.05, 0.1) is 33.3 Å². The standard InChI is InChI=1S/C26H18F4N2O3S2/c1-2-37(34,35)18-8-5-7-16(12-18)23-10-11-24(36-23)22-13-20(26(28,29)30)19(14-31)25(33)32(22)15-17-6-3-4-9-21(17)27/h3-13H,2,15H2,1H3. The van der Waals surface area contributed by atoms with Crippen LogP contribution in [0.2, 0.25) is 0 Å². The van der Waals surface area contributed by atoms with Crippen LogP contribution in [0.3, 0.4) is 0 Å². The Morgan fingerprint density at radius 2 is 1.70 bits per heavy atom. The Kier molecular flexibility index (Phi) is 7.08. The zero-order valence-corrected chi connectivity index (χ0v) is 20.8. The molecule has 0 atom stereocenters. The summed E-state index contributed by atoms with van der Waals surface area (Å²) in [6, 6.07) is 16.8. The number of pyridine rings is 1. The molecule has 0 unspecified atom stereocenters. The first-order valence-corrected chi connectivity index (χ1v) is 13.3. The highest BCUT2D eigenvalue weighted by atomic mass is 32.2. The zero-order valence-electron chi connectivity index (χ0n) is 19.2. The number of hydrogen-bond donors (Lipinski definition) is 0. The Morgan fingerprint density at radius 3 is 2.35 bits per heavy atom. The van der Waals surface area contributed by atoms with Crippen LogP contribution in [0.5, 0.6) is 0 Å². The molecule has 5 nitrogen and oxygen atoms in total. The van der Waals surface area contributed by atoms with Crippen LogP contribution in [0.15, 0.2) is 76.4 Å². The van der Waals surface area contributed by atoms with Crippen LogP contribution >= 0.6 is 11.3 Å². The minimum absolute atomic E-state index is 0.0590. The van der Waals surface area contributed by atoms with Crippen molar-refractivity contribution in [3.05, 3.63) is 99.6 Å². The van der Waals surface area contributed by atoms with E-state index < -0.39 is 45.1 Å². The second-order valence-corrected chi connectivity index (χ2v) is 11.4. The number of rotatable bonds is 6. The van der Waals surface area contributed by atoms with Gasteiger partial charge in [0, 0.05) is 10.4 Å². The summed E-state index contributed by atoms with van der Waals surface area (Å²) in [5.41, 5.74) is -3.22. The van der Waals surface area contributed by atoms with Gasteiger partial charge in [0.25, 0.3) is 5.56 Å². The van der Waals surface area contributed by atoms with Crippen LogP contribution in [0.4, 0.5) is 17.6 Å². The maximum absolute atomic E-state index is 14.4. The van der Waals surface area contributed by atoms with E-state index in [2.05, 4.69) is 0 Å². The first kappa shape index (κ1) is 26.3. The molecule has 2 aromatic carbocycles. The molecule has 4 rings (SSSR count). The lowest BCUT2D eigenvalue weighted by Gasteiger charge is -2.17. The van der Waals surface area contributed by atoms with Gasteiger partial charge in [-0.15, -0.1) is 11.3 Å². The maximum atomic E-state index is 14.4. The first-order valence-electron chi connectivity index (χ1n) is 10.9. The van der Waals surface area contributed by atoms with Gasteiger partial charge in [0.1, 0.15) is 17.4 Å². The van der Waals surface area contributed by atoms with Crippen LogP contribution in [0.25, 0.3) is 21.0 Å². The highest BCUT2D eigenvalue weighted by Gasteiger charge is 2.36. The summed E-state index contributed by atoms with van der Waals surface area (Å²) in [5, 5.41) is 9.35. The van der Waals surface area contributed by atoms with Gasteiger partial charge >= 0.3 is 6.18 Å². The molecule has 4 aromatic rings. The number of aromatic nitrogens is 1. The molecule has 2 aromatic heterocycles. The fraction of sp³-hybridized carbons (Fsp3) is 0.154. The lowest BCUT2D eigenvalue weighted by Crippen LogP contribution is -2.28. The Balaban J connectivity index is 1.92. The topological polar surface area (TPSA) is 79.9 Å². The molecule has 190 valence electrons. The number of alkyl halides is 3. The van der Waals surface area contributed by atoms with E-state index in [0.29, 0.717) is 16.5 Å². The lowest BCUT2D eigenvalue weighted by molar-refractivity contribution is -0.137. The Bertz CT molecular complexity index is 1700. The predicted octanol–water partition coefficient (Wildman–Crippen LogP) is 6.12. The van der Waals surface area contributed by atoms with E-state index in [9.17, 15) is 36.0 Å². The molecular weight excluding hydrogens is 528 g/mol. The van der Waals surface area contributed by atoms with Crippen molar-refractivity contribution in [1.82, 2.24) is 4.57 Å². The number of hydrogen-bond acceptors (Lipinski definition) is 5. The Hall–Kier alpha value is -3.75. The van der Waals surface area contributed by atoms with Crippen LogP contribution in [-0.2, 0) is 22.6 Å². The third-order valence-corrected chi connectivity index (χ3v) is 8.61. The molecule has 0 saturated heterocycles. The van der Waals surface area contributed by atoms with E-state index in [1.807, 2.05) is 0 Å². The normalized spacial score (nSPS) is 11.9. The minimum atomic E-state index is -4.97. The van der Waals surface area contributed by atoms with Crippen LogP contribution in [0.1, 0.15) is 23.6 Å². The molecule has 0 aliphatic heterocycles. The number of halogens is 4. The lowest BCUT2D eigenvalue weighted by atomic mass is 10.1. The van der Waals surface area contributed by atoms with Gasteiger partial charge in [0.2, 0.25) is 0 Å². The summed E-state index contributed by atoms with van der Waals surface area (Å²) < 4.78 is 81.2. The maximum Gasteiger partial charge on any atom is 0.417 e. The van der Waals surface area contributed by atoms with Crippen molar-refractivity contribution in [1.29, 1.82) is 5.26 Å². The second-order valence-electron chi connectivity index (χ2n) is 8.01. The van der Waals surface area contributed by atoms with Gasteiger partial charge in [-0.2, -0.15) is 18.4 Å². The summed E-state index contributed by atoms with van der Waals surface area (Å²) in [6.45, 7) is 1.12. The van der Waals surface area contributed by atoms with Crippen LogP contribution < -0.4 is 5.56 Å². The fourth-order valence-electron chi connectivity index (χ4n) is 3.78. The third-order valence-electron chi connectivity index (χ3n) is 5.72. The highest BCUT2D eigenvalue weighted by molar-refractivity contribution is 7.91. The number of benzene rings is 2. The van der Waals surface area contributed by atoms with Crippen molar-refractivity contribution in [2.24, 2.45) is 0 Å². The van der Waals surface area contributed by atoms with E-state index in [-0.39, 0.29) is 26.8 Å². The number of nitriles is 1. The summed E-state index contributed by atoms with van der Waals surface area (Å²) >= 11 is 1.04. The van der Waals surface area contributed by atoms with Gasteiger partial charge in [0.15, 0.2) is 9.84 Å². The molecule has 0 saturated carbocycles. The minimum Gasteiger partial charge on any atom is -0.302 e. The predicted molar refractivity (Wildman–Crippen MR) is 132 cm³/mol. The van der Waals surface area contributed by atoms with Crippen molar-refractivity contribution in [3.63, 3.8) is 0 Å². The van der Waals surface area contributed by atoms with Crippen LogP contribution in [-0.4, -0.2) is 18.7 Å². The van der Waals surface area contributed by atoms with E-state index in [0.717, 1.165) is 22.0 Å². The van der Waals surface area contributed by atoms with Crippen molar-refractivity contribution < 1.29 is 26.0 Å². The SMILES string of the molecule is CCS(=O)(=O)c1cccc(-c2ccc(-c3cc(C(F)(F)F)c(C#N)c(=O)n3Cc3ccccc3F)s2)c1. The summed E-state index contributed by atoms with van der Waals surface area (Å²) in [5.74, 6) is -0.750. The van der Waals surface area contributed by atoms with E-state index in [1.54, 1.807) is 18.2 Å². The molecule has 37 heavy (non-hydrogen) atoms. The molecule has 0 aliphatic rings. The molecule has 0 N–H and O–H groups in total. The van der Waals surface area contributed by atoms with Crippen molar-refractivity contribution in [2.45, 2.75) is 24.5 Å². The molecule has 0 radical (unpaired) electrons. The van der Waals surface area contributed by atoms with Gasteiger partial charge in [-0.25, -0.2) is 12.8 Å². The number of thiophene rings is 1. The number of sulfone groups is 1. The Labute approximate surface area is 213 Å². The molecule has 0 bridgehead atoms. The average molecular weight is 547 g/mol. The summed E-state index contributed by atoms with van der Waals surface area (Å²) in [7, 11) is -3.49. The van der Waals surface area contributed by atoms with Crippen molar-refractivity contribution in [3.8, 4) is 27.1 Å². The molecule has 0 fully saturated rings. The molecule has 11 heteroatoms. The quantitative estimate of drug-likeness (QED) is 0.273. The van der Waals surface area contributed by atoms with E-state index >= 15 is 0 Å². The van der Waals surface area contributed by atoms with Gasteiger partial charge in [-0.1, -0.05) is 37.3 Å². The molecular formula is C26H18F4N2O3S2. The number of nitrogens with zero attached hydrogens (tertiary/aromatic N) is 2. The molecule has 0 amide bonds. The first-order chi connectivity index (χ1) is 17.5. The fourth-order valence-corrected chi connectivity index (χ4v) is 5.73. The highest BCUT2D eigenvalue weighted by Crippen LogP contribution is 2.38. The smallest absolute Gasteiger partial charge is 0.302 e. The monoisotopic (exact) mass is 546 g/mol. The third kappa shape index (κ3) is 5.21. The molecule has 2 heterocycles. The van der Waals surface area contributed by atoms with Crippen molar-refractivity contribution >= 4 is 21.2 Å². The molecule has 0 spiro atoms. The summed E-state index contributed by atoms with van der Waals surface area (Å²) in [4.78, 5) is 14.0. The summed E-state index contributed by atoms with van der Waals surface area (Å²) in [6.07, 6.45) is -4.97. The van der Waals surface area contributed by atoms with Gasteiger partial charge in [-0.3, -0.25) is 4.79 Å². The average Bonchev–Trinajstić information content (AvgIpc) is 3.36. The zero-order chi connectivity index (χ0) is 27.0. The van der Waals surface area contributed by atoms with E-state index in [4.69, 9.17) is 0 Å². The molecule has 0 aliphatic carbocycles. The van der Waals surface area contributed by atoms with Gasteiger partial charge < -0.3 is 4.57 Å². The Morgan fingerprint density at radius 1 is 1.00 bits per heavy atom. The van der Waals surface area contributed by atoms with Gasteiger partial charge in [-0.05, 0) is 42.0 Å². The van der Waals surface area contributed by atoms with Crippen molar-refractivity contribution in [2.75, 3.05) is 5.75 Å². The second kappa shape index (κ2) is 9.95.